The Labute approximate surface area is 94.1 Å². The van der Waals surface area contributed by atoms with Gasteiger partial charge in [0.1, 0.15) is 0 Å². The fourth-order valence-corrected chi connectivity index (χ4v) is 1.70. The maximum absolute atomic E-state index is 9.24. The molecule has 1 aromatic heterocycles. The van der Waals surface area contributed by atoms with Gasteiger partial charge in [-0.15, -0.1) is 0 Å². The third-order valence-electron chi connectivity index (χ3n) is 2.45. The molecule has 0 amide bonds. The lowest BCUT2D eigenvalue weighted by Crippen LogP contribution is -2.31. The van der Waals surface area contributed by atoms with Crippen molar-refractivity contribution in [2.24, 2.45) is 0 Å². The van der Waals surface area contributed by atoms with Gasteiger partial charge < -0.3 is 15.4 Å². The smallest absolute Gasteiger partial charge is 0.423 e. The lowest BCUT2D eigenvalue weighted by molar-refractivity contribution is 0.426. The standard InChI is InChI=1S/C11H13BN2O2/c1-13-7-9-6-5-8-3-2-4-10(12(15)16)11(8)14-9/h2-6,13,15-16H,7H2,1H3. The quantitative estimate of drug-likeness (QED) is 0.612. The van der Waals surface area contributed by atoms with Gasteiger partial charge in [0.25, 0.3) is 0 Å². The van der Waals surface area contributed by atoms with Crippen LogP contribution in [0.15, 0.2) is 30.3 Å². The van der Waals surface area contributed by atoms with E-state index in [4.69, 9.17) is 0 Å². The van der Waals surface area contributed by atoms with E-state index < -0.39 is 7.12 Å². The first-order valence-corrected chi connectivity index (χ1v) is 5.11. The van der Waals surface area contributed by atoms with Gasteiger partial charge in [-0.1, -0.05) is 24.3 Å². The van der Waals surface area contributed by atoms with Gasteiger partial charge in [-0.3, -0.25) is 4.98 Å². The fraction of sp³-hybridized carbons (Fsp3) is 0.182. The van der Waals surface area contributed by atoms with Gasteiger partial charge in [0.05, 0.1) is 11.2 Å². The largest absolute Gasteiger partial charge is 0.490 e. The average Bonchev–Trinajstić information content (AvgIpc) is 2.28. The van der Waals surface area contributed by atoms with Crippen molar-refractivity contribution in [3.63, 3.8) is 0 Å². The van der Waals surface area contributed by atoms with Crippen molar-refractivity contribution in [3.8, 4) is 0 Å². The third-order valence-corrected chi connectivity index (χ3v) is 2.45. The van der Waals surface area contributed by atoms with Crippen molar-refractivity contribution in [1.29, 1.82) is 0 Å². The highest BCUT2D eigenvalue weighted by Crippen LogP contribution is 2.10. The van der Waals surface area contributed by atoms with E-state index in [1.165, 1.54) is 0 Å². The van der Waals surface area contributed by atoms with Gasteiger partial charge in [0, 0.05) is 12.0 Å². The van der Waals surface area contributed by atoms with Crippen LogP contribution in [0.5, 0.6) is 0 Å². The first-order valence-electron chi connectivity index (χ1n) is 5.11. The van der Waals surface area contributed by atoms with E-state index in [-0.39, 0.29) is 0 Å². The number of aromatic nitrogens is 1. The number of nitrogens with one attached hydrogen (secondary N) is 1. The van der Waals surface area contributed by atoms with E-state index in [1.54, 1.807) is 12.1 Å². The Morgan fingerprint density at radius 2 is 2.06 bits per heavy atom. The molecule has 0 radical (unpaired) electrons. The van der Waals surface area contributed by atoms with Crippen LogP contribution in [-0.2, 0) is 6.54 Å². The molecule has 0 fully saturated rings. The van der Waals surface area contributed by atoms with Crippen LogP contribution < -0.4 is 10.8 Å². The van der Waals surface area contributed by atoms with Gasteiger partial charge in [-0.05, 0) is 18.5 Å². The Hall–Kier alpha value is -1.43. The zero-order chi connectivity index (χ0) is 11.5. The second-order valence-corrected chi connectivity index (χ2v) is 3.63. The Morgan fingerprint density at radius 3 is 2.75 bits per heavy atom. The highest BCUT2D eigenvalue weighted by Gasteiger charge is 2.15. The minimum atomic E-state index is -1.49. The maximum Gasteiger partial charge on any atom is 0.490 e. The zero-order valence-electron chi connectivity index (χ0n) is 9.01. The van der Waals surface area contributed by atoms with Gasteiger partial charge >= 0.3 is 7.12 Å². The number of benzene rings is 1. The highest BCUT2D eigenvalue weighted by atomic mass is 16.4. The van der Waals surface area contributed by atoms with E-state index in [1.807, 2.05) is 25.2 Å². The second-order valence-electron chi connectivity index (χ2n) is 3.63. The van der Waals surface area contributed by atoms with E-state index in [9.17, 15) is 10.0 Å². The van der Waals surface area contributed by atoms with Crippen LogP contribution in [0.25, 0.3) is 10.9 Å². The Kier molecular flexibility index (Phi) is 3.19. The summed E-state index contributed by atoms with van der Waals surface area (Å²) in [6, 6.07) is 9.21. The number of hydrogen-bond acceptors (Lipinski definition) is 4. The van der Waals surface area contributed by atoms with Crippen LogP contribution in [0, 0.1) is 0 Å². The summed E-state index contributed by atoms with van der Waals surface area (Å²) in [7, 11) is 0.361. The molecule has 3 N–H and O–H groups in total. The van der Waals surface area contributed by atoms with Crippen molar-refractivity contribution in [3.05, 3.63) is 36.0 Å². The number of pyridine rings is 1. The first kappa shape index (κ1) is 11.1. The second kappa shape index (κ2) is 4.61. The molecule has 0 saturated heterocycles. The SMILES string of the molecule is CNCc1ccc2cccc(B(O)O)c2n1. The van der Waals surface area contributed by atoms with Crippen LogP contribution in [-0.4, -0.2) is 29.2 Å². The molecule has 2 aromatic rings. The van der Waals surface area contributed by atoms with Crippen LogP contribution in [0.3, 0.4) is 0 Å². The molecule has 0 aliphatic carbocycles. The van der Waals surface area contributed by atoms with Crippen molar-refractivity contribution in [2.75, 3.05) is 7.05 Å². The number of nitrogens with zero attached hydrogens (tertiary/aromatic N) is 1. The molecule has 0 atom stereocenters. The molecule has 4 nitrogen and oxygen atoms in total. The summed E-state index contributed by atoms with van der Waals surface area (Å²) in [6.07, 6.45) is 0. The number of para-hydroxylation sites is 1. The minimum absolute atomic E-state index is 0.440. The Morgan fingerprint density at radius 1 is 1.25 bits per heavy atom. The van der Waals surface area contributed by atoms with Crippen LogP contribution >= 0.6 is 0 Å². The van der Waals surface area contributed by atoms with Crippen molar-refractivity contribution < 1.29 is 10.0 Å². The number of hydrogen-bond donors (Lipinski definition) is 3. The van der Waals surface area contributed by atoms with Gasteiger partial charge in [0.2, 0.25) is 0 Å². The molecule has 16 heavy (non-hydrogen) atoms. The van der Waals surface area contributed by atoms with Gasteiger partial charge in [0.15, 0.2) is 0 Å². The monoisotopic (exact) mass is 216 g/mol. The molecule has 1 aromatic carbocycles. The molecule has 2 rings (SSSR count). The maximum atomic E-state index is 9.24. The fourth-order valence-electron chi connectivity index (χ4n) is 1.70. The molecule has 0 unspecified atom stereocenters. The molecular weight excluding hydrogens is 203 g/mol. The Balaban J connectivity index is 2.59. The highest BCUT2D eigenvalue weighted by molar-refractivity contribution is 6.61. The first-order chi connectivity index (χ1) is 7.72. The van der Waals surface area contributed by atoms with Crippen LogP contribution in [0.1, 0.15) is 5.69 Å². The zero-order valence-corrected chi connectivity index (χ0v) is 9.01. The minimum Gasteiger partial charge on any atom is -0.423 e. The van der Waals surface area contributed by atoms with Gasteiger partial charge in [-0.25, -0.2) is 0 Å². The topological polar surface area (TPSA) is 65.4 Å². The van der Waals surface area contributed by atoms with E-state index in [2.05, 4.69) is 10.3 Å². The van der Waals surface area contributed by atoms with Gasteiger partial charge in [-0.2, -0.15) is 0 Å². The Bertz CT molecular complexity index is 502. The van der Waals surface area contributed by atoms with Crippen molar-refractivity contribution in [1.82, 2.24) is 10.3 Å². The summed E-state index contributed by atoms with van der Waals surface area (Å²) < 4.78 is 0. The molecule has 0 saturated carbocycles. The summed E-state index contributed by atoms with van der Waals surface area (Å²) in [5.41, 5.74) is 1.96. The predicted octanol–water partition coefficient (Wildman–Crippen LogP) is -0.366. The van der Waals surface area contributed by atoms with E-state index in [0.717, 1.165) is 11.1 Å². The molecule has 0 aliphatic heterocycles. The summed E-state index contributed by atoms with van der Waals surface area (Å²) >= 11 is 0. The number of rotatable bonds is 3. The molecular formula is C11H13BN2O2. The molecule has 1 heterocycles. The molecule has 0 aliphatic rings. The summed E-state index contributed by atoms with van der Waals surface area (Å²) in [4.78, 5) is 4.40. The number of fused-ring (bicyclic) bond motifs is 1. The van der Waals surface area contributed by atoms with Crippen LogP contribution in [0.2, 0.25) is 0 Å². The summed E-state index contributed by atoms with van der Waals surface area (Å²) in [6.45, 7) is 0.659. The van der Waals surface area contributed by atoms with Crippen molar-refractivity contribution in [2.45, 2.75) is 6.54 Å². The molecule has 0 bridgehead atoms. The van der Waals surface area contributed by atoms with E-state index >= 15 is 0 Å². The molecule has 0 spiro atoms. The van der Waals surface area contributed by atoms with Crippen molar-refractivity contribution >= 4 is 23.5 Å². The molecule has 5 heteroatoms. The van der Waals surface area contributed by atoms with Crippen LogP contribution in [0.4, 0.5) is 0 Å². The molecule has 82 valence electrons. The predicted molar refractivity (Wildman–Crippen MR) is 64.3 cm³/mol. The van der Waals surface area contributed by atoms with E-state index in [0.29, 0.717) is 17.5 Å². The summed E-state index contributed by atoms with van der Waals surface area (Å²) in [5, 5.41) is 22.4. The lowest BCUT2D eigenvalue weighted by atomic mass is 9.79. The summed E-state index contributed by atoms with van der Waals surface area (Å²) in [5.74, 6) is 0. The third kappa shape index (κ3) is 2.06. The lowest BCUT2D eigenvalue weighted by Gasteiger charge is -2.06. The average molecular weight is 216 g/mol. The normalized spacial score (nSPS) is 10.7.